The van der Waals surface area contributed by atoms with Crippen molar-refractivity contribution >= 4 is 57.8 Å². The average Bonchev–Trinajstić information content (AvgIpc) is 2.76. The van der Waals surface area contributed by atoms with Crippen LogP contribution in [0.1, 0.15) is 20.8 Å². The number of pyridine rings is 1. The Morgan fingerprint density at radius 3 is 1.72 bits per heavy atom. The molecule has 3 aromatic rings. The Morgan fingerprint density at radius 1 is 0.781 bits per heavy atom. The lowest BCUT2D eigenvalue weighted by atomic mass is 10.2. The second-order valence-electron chi connectivity index (χ2n) is 6.19. The van der Waals surface area contributed by atoms with Gasteiger partial charge in [0.2, 0.25) is 0 Å². The zero-order chi connectivity index (χ0) is 23.4. The lowest BCUT2D eigenvalue weighted by Crippen LogP contribution is -2.16. The number of aromatic nitrogens is 1. The van der Waals surface area contributed by atoms with Crippen molar-refractivity contribution in [3.05, 3.63) is 96.3 Å². The first-order chi connectivity index (χ1) is 15.2. The van der Waals surface area contributed by atoms with Crippen LogP contribution in [0.2, 0.25) is 10.0 Å². The molecule has 0 spiro atoms. The molecule has 0 saturated carbocycles. The van der Waals surface area contributed by atoms with E-state index in [-0.39, 0.29) is 44.1 Å². The summed E-state index contributed by atoms with van der Waals surface area (Å²) in [5, 5.41) is 26.7. The number of nitrogens with zero attached hydrogens (tertiary/aromatic N) is 3. The molecule has 0 aliphatic carbocycles. The second kappa shape index (κ2) is 9.37. The number of amides is 2. The molecule has 0 radical (unpaired) electrons. The van der Waals surface area contributed by atoms with Crippen LogP contribution in [0, 0.1) is 20.2 Å². The van der Waals surface area contributed by atoms with Crippen molar-refractivity contribution in [2.24, 2.45) is 0 Å². The highest BCUT2D eigenvalue weighted by Gasteiger charge is 2.17. The minimum atomic E-state index is -0.682. The average molecular weight is 476 g/mol. The van der Waals surface area contributed by atoms with Gasteiger partial charge in [0.25, 0.3) is 23.2 Å². The molecule has 11 nitrogen and oxygen atoms in total. The molecule has 0 atom stereocenters. The third-order valence-corrected chi connectivity index (χ3v) is 4.70. The lowest BCUT2D eigenvalue weighted by molar-refractivity contribution is -0.384. The van der Waals surface area contributed by atoms with Crippen LogP contribution in [0.5, 0.6) is 0 Å². The molecular formula is C19H11Cl2N5O6. The van der Waals surface area contributed by atoms with Crippen molar-refractivity contribution < 1.29 is 19.4 Å². The predicted octanol–water partition coefficient (Wildman–Crippen LogP) is 4.71. The monoisotopic (exact) mass is 475 g/mol. The van der Waals surface area contributed by atoms with Gasteiger partial charge in [-0.05, 0) is 36.4 Å². The molecule has 1 aromatic heterocycles. The van der Waals surface area contributed by atoms with E-state index in [1.165, 1.54) is 36.4 Å². The lowest BCUT2D eigenvalue weighted by Gasteiger charge is -2.07. The summed E-state index contributed by atoms with van der Waals surface area (Å²) in [6.07, 6.45) is 1.14. The van der Waals surface area contributed by atoms with Gasteiger partial charge in [-0.25, -0.2) is 0 Å². The number of nitrogens with one attached hydrogen (secondary N) is 2. The zero-order valence-electron chi connectivity index (χ0n) is 15.7. The quantitative estimate of drug-likeness (QED) is 0.385. The Kier molecular flexibility index (Phi) is 6.61. The van der Waals surface area contributed by atoms with Gasteiger partial charge in [0, 0.05) is 29.7 Å². The Morgan fingerprint density at radius 2 is 1.28 bits per heavy atom. The number of hydrogen-bond acceptors (Lipinski definition) is 7. The largest absolute Gasteiger partial charge is 0.322 e. The zero-order valence-corrected chi connectivity index (χ0v) is 17.3. The fraction of sp³-hybridized carbons (Fsp3) is 0. The molecule has 32 heavy (non-hydrogen) atoms. The van der Waals surface area contributed by atoms with Gasteiger partial charge in [0.15, 0.2) is 0 Å². The summed E-state index contributed by atoms with van der Waals surface area (Å²) in [6.45, 7) is 0. The molecule has 3 rings (SSSR count). The maximum atomic E-state index is 12.4. The van der Waals surface area contributed by atoms with E-state index in [0.717, 1.165) is 18.3 Å². The summed E-state index contributed by atoms with van der Waals surface area (Å²) in [4.78, 5) is 49.1. The molecule has 0 bridgehead atoms. The van der Waals surface area contributed by atoms with E-state index < -0.39 is 21.7 Å². The van der Waals surface area contributed by atoms with E-state index in [0.29, 0.717) is 0 Å². The molecule has 0 unspecified atom stereocenters. The maximum Gasteiger partial charge on any atom is 0.289 e. The van der Waals surface area contributed by atoms with Gasteiger partial charge in [-0.15, -0.1) is 0 Å². The highest BCUT2D eigenvalue weighted by Crippen LogP contribution is 2.28. The minimum Gasteiger partial charge on any atom is -0.322 e. The fourth-order valence-corrected chi connectivity index (χ4v) is 2.89. The highest BCUT2D eigenvalue weighted by molar-refractivity contribution is 6.33. The van der Waals surface area contributed by atoms with Crippen molar-refractivity contribution in [3.8, 4) is 0 Å². The molecule has 2 amide bonds. The number of nitro benzene ring substituents is 2. The van der Waals surface area contributed by atoms with Gasteiger partial charge in [-0.2, -0.15) is 0 Å². The van der Waals surface area contributed by atoms with Gasteiger partial charge in [-0.1, -0.05) is 23.2 Å². The third-order valence-electron chi connectivity index (χ3n) is 4.06. The fourth-order valence-electron chi connectivity index (χ4n) is 2.52. The first kappa shape index (κ1) is 22.6. The van der Waals surface area contributed by atoms with Crippen molar-refractivity contribution in [1.29, 1.82) is 0 Å². The molecule has 1 heterocycles. The van der Waals surface area contributed by atoms with Crippen LogP contribution < -0.4 is 10.6 Å². The van der Waals surface area contributed by atoms with Gasteiger partial charge in [0.1, 0.15) is 15.7 Å². The molecule has 2 N–H and O–H groups in total. The van der Waals surface area contributed by atoms with Gasteiger partial charge >= 0.3 is 0 Å². The smallest absolute Gasteiger partial charge is 0.289 e. The normalized spacial score (nSPS) is 10.3. The summed E-state index contributed by atoms with van der Waals surface area (Å²) in [6, 6.07) is 10.2. The second-order valence-corrected chi connectivity index (χ2v) is 7.00. The number of anilines is 2. The van der Waals surface area contributed by atoms with Crippen LogP contribution in [0.3, 0.4) is 0 Å². The predicted molar refractivity (Wildman–Crippen MR) is 116 cm³/mol. The van der Waals surface area contributed by atoms with E-state index >= 15 is 0 Å². The van der Waals surface area contributed by atoms with Crippen LogP contribution in [-0.2, 0) is 0 Å². The van der Waals surface area contributed by atoms with Gasteiger partial charge in [0.05, 0.1) is 15.4 Å². The Bertz CT molecular complexity index is 1150. The topological polar surface area (TPSA) is 157 Å². The number of carbonyl (C=O) groups is 2. The summed E-state index contributed by atoms with van der Waals surface area (Å²) in [5.41, 5.74) is -0.414. The number of nitro groups is 2. The van der Waals surface area contributed by atoms with Crippen LogP contribution in [0.25, 0.3) is 0 Å². The Labute approximate surface area is 189 Å². The van der Waals surface area contributed by atoms with Crippen LogP contribution in [0.4, 0.5) is 22.7 Å². The molecule has 0 aliphatic heterocycles. The summed E-state index contributed by atoms with van der Waals surface area (Å²) >= 11 is 11.5. The molecule has 13 heteroatoms. The summed E-state index contributed by atoms with van der Waals surface area (Å²) in [5.74, 6) is -1.28. The maximum absolute atomic E-state index is 12.4. The number of rotatable bonds is 6. The number of carbonyl (C=O) groups excluding carboxylic acids is 2. The molecule has 162 valence electrons. The molecule has 2 aromatic carbocycles. The van der Waals surface area contributed by atoms with Crippen molar-refractivity contribution in [2.75, 3.05) is 10.6 Å². The van der Waals surface area contributed by atoms with E-state index in [9.17, 15) is 29.8 Å². The van der Waals surface area contributed by atoms with Crippen molar-refractivity contribution in [3.63, 3.8) is 0 Å². The summed E-state index contributed by atoms with van der Waals surface area (Å²) < 4.78 is 0. The SMILES string of the molecule is O=C(Nc1ccc(Cl)c([N+](=O)[O-])c1)c1ccc(C(=O)Nc2ccc(Cl)c([N+](=O)[O-])c2)nc1. The molecular weight excluding hydrogens is 465 g/mol. The first-order valence-electron chi connectivity index (χ1n) is 8.62. The van der Waals surface area contributed by atoms with Crippen LogP contribution in [0.15, 0.2) is 54.7 Å². The number of hydrogen-bond donors (Lipinski definition) is 2. The highest BCUT2D eigenvalue weighted by atomic mass is 35.5. The minimum absolute atomic E-state index is 0.0544. The van der Waals surface area contributed by atoms with Gasteiger partial charge in [-0.3, -0.25) is 34.8 Å². The van der Waals surface area contributed by atoms with E-state index in [1.54, 1.807) is 0 Å². The first-order valence-corrected chi connectivity index (χ1v) is 9.38. The van der Waals surface area contributed by atoms with E-state index in [2.05, 4.69) is 15.6 Å². The summed E-state index contributed by atoms with van der Waals surface area (Å²) in [7, 11) is 0. The van der Waals surface area contributed by atoms with E-state index in [4.69, 9.17) is 23.2 Å². The van der Waals surface area contributed by atoms with Crippen LogP contribution in [-0.4, -0.2) is 26.6 Å². The van der Waals surface area contributed by atoms with Gasteiger partial charge < -0.3 is 10.6 Å². The van der Waals surface area contributed by atoms with Crippen molar-refractivity contribution in [1.82, 2.24) is 4.98 Å². The Balaban J connectivity index is 1.70. The standard InChI is InChI=1S/C19H11Cl2N5O6/c20-13-4-2-11(7-16(13)25(29)30)23-18(27)10-1-6-15(22-9-10)19(28)24-12-3-5-14(21)17(8-12)26(31)32/h1-9H,(H,23,27)(H,24,28). The molecule has 0 fully saturated rings. The third kappa shape index (κ3) is 5.14. The number of halogens is 2. The van der Waals surface area contributed by atoms with Crippen molar-refractivity contribution in [2.45, 2.75) is 0 Å². The molecule has 0 saturated heterocycles. The van der Waals surface area contributed by atoms with Crippen LogP contribution >= 0.6 is 23.2 Å². The molecule has 0 aliphatic rings. The van der Waals surface area contributed by atoms with E-state index in [1.807, 2.05) is 0 Å². The Hall–Kier alpha value is -4.09. The number of benzene rings is 2.